The first kappa shape index (κ1) is 12.2. The van der Waals surface area contributed by atoms with E-state index in [1.54, 1.807) is 0 Å². The number of carbonyl (C=O) groups excluding carboxylic acids is 3. The fraction of sp³-hybridized carbons (Fsp3) is 0.500. The molecule has 0 fully saturated rings. The van der Waals surface area contributed by atoms with Crippen molar-refractivity contribution >= 4 is 17.7 Å². The van der Waals surface area contributed by atoms with E-state index in [0.717, 1.165) is 6.08 Å². The van der Waals surface area contributed by atoms with E-state index in [0.29, 0.717) is 0 Å². The summed E-state index contributed by atoms with van der Waals surface area (Å²) in [6.45, 7) is 2.29. The van der Waals surface area contributed by atoms with Crippen LogP contribution in [0.25, 0.3) is 0 Å². The van der Waals surface area contributed by atoms with Gasteiger partial charge in [-0.3, -0.25) is 14.4 Å². The summed E-state index contributed by atoms with van der Waals surface area (Å²) in [5.74, 6) is -1.48. The van der Waals surface area contributed by atoms with Crippen LogP contribution in [-0.4, -0.2) is 36.5 Å². The van der Waals surface area contributed by atoms with Crippen molar-refractivity contribution in [3.05, 3.63) is 12.3 Å². The number of rotatable bonds is 3. The van der Waals surface area contributed by atoms with Gasteiger partial charge in [-0.15, -0.1) is 0 Å². The predicted molar refractivity (Wildman–Crippen MR) is 51.2 cm³/mol. The van der Waals surface area contributed by atoms with Crippen LogP contribution in [0.1, 0.15) is 13.8 Å². The summed E-state index contributed by atoms with van der Waals surface area (Å²) < 4.78 is 14.5. The minimum atomic E-state index is -1.05. The van der Waals surface area contributed by atoms with Crippen molar-refractivity contribution < 1.29 is 28.6 Å². The number of esters is 2. The molecule has 1 aliphatic rings. The summed E-state index contributed by atoms with van der Waals surface area (Å²) in [5.41, 5.74) is 0. The van der Waals surface area contributed by atoms with E-state index >= 15 is 0 Å². The average Bonchev–Trinajstić information content (AvgIpc) is 2.18. The fourth-order valence-corrected chi connectivity index (χ4v) is 1.20. The van der Waals surface area contributed by atoms with Crippen molar-refractivity contribution in [1.29, 1.82) is 0 Å². The first-order valence-corrected chi connectivity index (χ1v) is 4.67. The van der Waals surface area contributed by atoms with Crippen LogP contribution in [0, 0.1) is 0 Å². The monoisotopic (exact) mass is 228 g/mol. The quantitative estimate of drug-likeness (QED) is 0.631. The summed E-state index contributed by atoms with van der Waals surface area (Å²) in [6, 6.07) is 0. The molecule has 0 saturated heterocycles. The fourth-order valence-electron chi connectivity index (χ4n) is 1.20. The Bertz CT molecular complexity index is 332. The first-order valence-electron chi connectivity index (χ1n) is 4.67. The molecule has 0 bridgehead atoms. The molecule has 0 radical (unpaired) electrons. The predicted octanol–water partition coefficient (Wildman–Crippen LogP) is -0.0372. The maximum atomic E-state index is 11.4. The summed E-state index contributed by atoms with van der Waals surface area (Å²) in [5, 5.41) is 0. The van der Waals surface area contributed by atoms with Crippen LogP contribution in [0.4, 0.5) is 0 Å². The summed E-state index contributed by atoms with van der Waals surface area (Å²) >= 11 is 0. The van der Waals surface area contributed by atoms with Gasteiger partial charge in [-0.2, -0.15) is 0 Å². The highest BCUT2D eigenvalue weighted by Crippen LogP contribution is 2.13. The van der Waals surface area contributed by atoms with Gasteiger partial charge in [0.25, 0.3) is 0 Å². The van der Waals surface area contributed by atoms with Crippen LogP contribution in [0.5, 0.6) is 0 Å². The molecule has 88 valence electrons. The number of ether oxygens (including phenoxy) is 3. The van der Waals surface area contributed by atoms with E-state index in [1.165, 1.54) is 20.1 Å². The number of hydrogen-bond acceptors (Lipinski definition) is 6. The zero-order valence-corrected chi connectivity index (χ0v) is 8.97. The zero-order valence-electron chi connectivity index (χ0n) is 8.97. The Morgan fingerprint density at radius 2 is 2.06 bits per heavy atom. The molecule has 16 heavy (non-hydrogen) atoms. The lowest BCUT2D eigenvalue weighted by Gasteiger charge is -2.26. The van der Waals surface area contributed by atoms with Gasteiger partial charge in [0.15, 0.2) is 6.10 Å². The number of ketones is 1. The third kappa shape index (κ3) is 3.38. The molecule has 0 aromatic carbocycles. The molecule has 0 aromatic rings. The van der Waals surface area contributed by atoms with Crippen molar-refractivity contribution in [3.63, 3.8) is 0 Å². The lowest BCUT2D eigenvalue weighted by molar-refractivity contribution is -0.165. The third-order valence-electron chi connectivity index (χ3n) is 1.85. The molecular formula is C10H12O6. The molecule has 6 nitrogen and oxygen atoms in total. The molecule has 6 heteroatoms. The molecule has 0 aliphatic carbocycles. The van der Waals surface area contributed by atoms with Crippen LogP contribution in [-0.2, 0) is 28.6 Å². The highest BCUT2D eigenvalue weighted by Gasteiger charge is 2.34. The highest BCUT2D eigenvalue weighted by molar-refractivity contribution is 5.95. The minimum Gasteiger partial charge on any atom is -0.490 e. The van der Waals surface area contributed by atoms with Crippen molar-refractivity contribution in [1.82, 2.24) is 0 Å². The number of carbonyl (C=O) groups is 3. The molecule has 0 spiro atoms. The Labute approximate surface area is 92.2 Å². The van der Waals surface area contributed by atoms with Gasteiger partial charge >= 0.3 is 11.9 Å². The Hall–Kier alpha value is -1.85. The van der Waals surface area contributed by atoms with E-state index in [9.17, 15) is 14.4 Å². The van der Waals surface area contributed by atoms with Crippen LogP contribution in [0.15, 0.2) is 12.3 Å². The molecule has 1 aliphatic heterocycles. The summed E-state index contributed by atoms with van der Waals surface area (Å²) in [4.78, 5) is 32.8. The molecule has 1 rings (SSSR count). The Kier molecular flexibility index (Phi) is 4.04. The molecule has 0 aromatic heterocycles. The van der Waals surface area contributed by atoms with Crippen LogP contribution < -0.4 is 0 Å². The maximum absolute atomic E-state index is 11.4. The highest BCUT2D eigenvalue weighted by atomic mass is 16.6. The van der Waals surface area contributed by atoms with Gasteiger partial charge in [0, 0.05) is 19.9 Å². The van der Waals surface area contributed by atoms with Gasteiger partial charge < -0.3 is 14.2 Å². The normalized spacial score (nSPS) is 23.5. The van der Waals surface area contributed by atoms with Crippen molar-refractivity contribution in [3.8, 4) is 0 Å². The second-order valence-corrected chi connectivity index (χ2v) is 3.21. The zero-order chi connectivity index (χ0) is 12.1. The lowest BCUT2D eigenvalue weighted by atomic mass is 10.1. The van der Waals surface area contributed by atoms with Crippen LogP contribution in [0.2, 0.25) is 0 Å². The Balaban J connectivity index is 2.64. The summed E-state index contributed by atoms with van der Waals surface area (Å²) in [7, 11) is 0. The van der Waals surface area contributed by atoms with Gasteiger partial charge in [-0.1, -0.05) is 0 Å². The molecular weight excluding hydrogens is 216 g/mol. The van der Waals surface area contributed by atoms with Gasteiger partial charge in [0.2, 0.25) is 11.9 Å². The smallest absolute Gasteiger partial charge is 0.303 e. The third-order valence-corrected chi connectivity index (χ3v) is 1.85. The van der Waals surface area contributed by atoms with Crippen LogP contribution in [0.3, 0.4) is 0 Å². The van der Waals surface area contributed by atoms with E-state index < -0.39 is 29.9 Å². The second-order valence-electron chi connectivity index (χ2n) is 3.21. The SMILES string of the molecule is CC(=O)OC[C@H]1OC=CC(=O)[C@H]1OC(C)=O. The summed E-state index contributed by atoms with van der Waals surface area (Å²) in [6.07, 6.45) is 0.515. The Morgan fingerprint density at radius 3 is 2.62 bits per heavy atom. The van der Waals surface area contributed by atoms with E-state index in [2.05, 4.69) is 0 Å². The van der Waals surface area contributed by atoms with Crippen molar-refractivity contribution in [2.75, 3.05) is 6.61 Å². The molecule has 0 N–H and O–H groups in total. The van der Waals surface area contributed by atoms with Gasteiger partial charge in [0.1, 0.15) is 6.61 Å². The lowest BCUT2D eigenvalue weighted by Crippen LogP contribution is -2.43. The topological polar surface area (TPSA) is 78.9 Å². The van der Waals surface area contributed by atoms with Crippen LogP contribution >= 0.6 is 0 Å². The number of hydrogen-bond donors (Lipinski definition) is 0. The molecule has 0 amide bonds. The van der Waals surface area contributed by atoms with E-state index in [1.807, 2.05) is 0 Å². The average molecular weight is 228 g/mol. The van der Waals surface area contributed by atoms with E-state index in [4.69, 9.17) is 14.2 Å². The van der Waals surface area contributed by atoms with E-state index in [-0.39, 0.29) is 6.61 Å². The van der Waals surface area contributed by atoms with Gasteiger partial charge in [-0.25, -0.2) is 0 Å². The minimum absolute atomic E-state index is 0.136. The Morgan fingerprint density at radius 1 is 1.38 bits per heavy atom. The first-order chi connectivity index (χ1) is 7.50. The van der Waals surface area contributed by atoms with Gasteiger partial charge in [0.05, 0.1) is 6.26 Å². The van der Waals surface area contributed by atoms with Gasteiger partial charge in [-0.05, 0) is 0 Å². The second kappa shape index (κ2) is 5.29. The molecule has 1 heterocycles. The molecule has 0 unspecified atom stereocenters. The van der Waals surface area contributed by atoms with Crippen molar-refractivity contribution in [2.45, 2.75) is 26.1 Å². The standard InChI is InChI=1S/C10H12O6/c1-6(11)15-5-9-10(16-7(2)12)8(13)3-4-14-9/h3-4,9-10H,5H2,1-2H3/t9-,10-/m1/s1. The van der Waals surface area contributed by atoms with Crippen molar-refractivity contribution in [2.24, 2.45) is 0 Å². The largest absolute Gasteiger partial charge is 0.490 e. The molecule has 2 atom stereocenters. The maximum Gasteiger partial charge on any atom is 0.303 e. The molecule has 0 saturated carbocycles.